The lowest BCUT2D eigenvalue weighted by Gasteiger charge is -2.04. The number of anilines is 1. The van der Waals surface area contributed by atoms with E-state index in [9.17, 15) is 4.79 Å². The molecule has 16 heavy (non-hydrogen) atoms. The van der Waals surface area contributed by atoms with Crippen LogP contribution in [0.1, 0.15) is 12.0 Å². The number of nitrogens with zero attached hydrogens (tertiary/aromatic N) is 3. The monoisotopic (exact) mass is 219 g/mol. The SMILES string of the molecule is Cc1cn[nH]c1NC(=O)CCn1ccnc1. The molecule has 0 atom stereocenters. The predicted octanol–water partition coefficient (Wildman–Crippen LogP) is 0.943. The van der Waals surface area contributed by atoms with Crippen molar-refractivity contribution in [1.82, 2.24) is 19.7 Å². The van der Waals surface area contributed by atoms with Gasteiger partial charge in [-0.15, -0.1) is 0 Å². The smallest absolute Gasteiger partial charge is 0.227 e. The predicted molar refractivity (Wildman–Crippen MR) is 58.8 cm³/mol. The summed E-state index contributed by atoms with van der Waals surface area (Å²) in [5.74, 6) is 0.622. The van der Waals surface area contributed by atoms with Gasteiger partial charge in [-0.3, -0.25) is 9.89 Å². The molecule has 2 heterocycles. The summed E-state index contributed by atoms with van der Waals surface area (Å²) < 4.78 is 1.86. The molecule has 0 aliphatic heterocycles. The molecule has 0 bridgehead atoms. The molecule has 2 aromatic rings. The molecule has 6 heteroatoms. The summed E-state index contributed by atoms with van der Waals surface area (Å²) >= 11 is 0. The second-order valence-corrected chi connectivity index (χ2v) is 3.53. The van der Waals surface area contributed by atoms with Gasteiger partial charge in [-0.05, 0) is 6.92 Å². The van der Waals surface area contributed by atoms with Crippen LogP contribution in [-0.2, 0) is 11.3 Å². The lowest BCUT2D eigenvalue weighted by Crippen LogP contribution is -2.14. The number of rotatable bonds is 4. The molecule has 0 spiro atoms. The first-order valence-corrected chi connectivity index (χ1v) is 5.01. The summed E-state index contributed by atoms with van der Waals surface area (Å²) in [4.78, 5) is 15.5. The standard InChI is InChI=1S/C10H13N5O/c1-8-6-12-14-10(8)13-9(16)2-4-15-5-3-11-7-15/h3,5-7H,2,4H2,1H3,(H2,12,13,14,16). The number of aromatic amines is 1. The van der Waals surface area contributed by atoms with Crippen molar-refractivity contribution >= 4 is 11.7 Å². The van der Waals surface area contributed by atoms with E-state index in [4.69, 9.17) is 0 Å². The first kappa shape index (κ1) is 10.4. The molecule has 0 fully saturated rings. The normalized spacial score (nSPS) is 10.3. The van der Waals surface area contributed by atoms with Crippen LogP contribution < -0.4 is 5.32 Å². The van der Waals surface area contributed by atoms with Crippen LogP contribution in [0.15, 0.2) is 24.9 Å². The van der Waals surface area contributed by atoms with Crippen LogP contribution >= 0.6 is 0 Å². The maximum Gasteiger partial charge on any atom is 0.227 e. The van der Waals surface area contributed by atoms with Crippen molar-refractivity contribution in [2.45, 2.75) is 19.9 Å². The third kappa shape index (κ3) is 2.47. The van der Waals surface area contributed by atoms with Crippen LogP contribution in [0.4, 0.5) is 5.82 Å². The lowest BCUT2D eigenvalue weighted by atomic mass is 10.3. The van der Waals surface area contributed by atoms with E-state index in [1.807, 2.05) is 17.7 Å². The summed E-state index contributed by atoms with van der Waals surface area (Å²) in [6.45, 7) is 2.51. The van der Waals surface area contributed by atoms with Crippen LogP contribution in [0, 0.1) is 6.92 Å². The average molecular weight is 219 g/mol. The Labute approximate surface area is 92.7 Å². The Kier molecular flexibility index (Phi) is 3.00. The summed E-state index contributed by atoms with van der Waals surface area (Å²) in [7, 11) is 0. The highest BCUT2D eigenvalue weighted by Gasteiger charge is 2.05. The largest absolute Gasteiger partial charge is 0.337 e. The average Bonchev–Trinajstić information content (AvgIpc) is 2.88. The van der Waals surface area contributed by atoms with Gasteiger partial charge in [0.1, 0.15) is 5.82 Å². The Morgan fingerprint density at radius 3 is 3.12 bits per heavy atom. The molecule has 0 saturated carbocycles. The van der Waals surface area contributed by atoms with Crippen molar-refractivity contribution in [2.24, 2.45) is 0 Å². The number of amides is 1. The summed E-state index contributed by atoms with van der Waals surface area (Å²) in [6.07, 6.45) is 7.29. The Morgan fingerprint density at radius 1 is 1.62 bits per heavy atom. The van der Waals surface area contributed by atoms with Crippen LogP contribution in [0.5, 0.6) is 0 Å². The molecule has 2 aromatic heterocycles. The molecule has 0 aliphatic rings. The number of carbonyl (C=O) groups excluding carboxylic acids is 1. The molecule has 2 rings (SSSR count). The highest BCUT2D eigenvalue weighted by atomic mass is 16.1. The van der Waals surface area contributed by atoms with E-state index in [0.29, 0.717) is 18.8 Å². The molecule has 0 radical (unpaired) electrons. The highest BCUT2D eigenvalue weighted by molar-refractivity contribution is 5.90. The van der Waals surface area contributed by atoms with Gasteiger partial charge in [-0.2, -0.15) is 5.10 Å². The van der Waals surface area contributed by atoms with E-state index < -0.39 is 0 Å². The van der Waals surface area contributed by atoms with E-state index in [1.165, 1.54) is 0 Å². The van der Waals surface area contributed by atoms with Crippen molar-refractivity contribution in [3.63, 3.8) is 0 Å². The molecule has 0 saturated heterocycles. The number of carbonyl (C=O) groups is 1. The van der Waals surface area contributed by atoms with Gasteiger partial charge in [-0.1, -0.05) is 0 Å². The number of nitrogens with one attached hydrogen (secondary N) is 2. The van der Waals surface area contributed by atoms with Crippen molar-refractivity contribution in [2.75, 3.05) is 5.32 Å². The zero-order valence-corrected chi connectivity index (χ0v) is 8.97. The third-order valence-electron chi connectivity index (χ3n) is 2.25. The number of hydrogen-bond donors (Lipinski definition) is 2. The second-order valence-electron chi connectivity index (χ2n) is 3.53. The molecule has 6 nitrogen and oxygen atoms in total. The number of imidazole rings is 1. The molecule has 0 aliphatic carbocycles. The van der Waals surface area contributed by atoms with Crippen LogP contribution in [0.25, 0.3) is 0 Å². The topological polar surface area (TPSA) is 75.6 Å². The van der Waals surface area contributed by atoms with Crippen LogP contribution in [-0.4, -0.2) is 25.7 Å². The van der Waals surface area contributed by atoms with Crippen molar-refractivity contribution < 1.29 is 4.79 Å². The van der Waals surface area contributed by atoms with E-state index >= 15 is 0 Å². The number of aryl methyl sites for hydroxylation is 2. The minimum atomic E-state index is -0.0407. The van der Waals surface area contributed by atoms with Gasteiger partial charge >= 0.3 is 0 Å². The van der Waals surface area contributed by atoms with Gasteiger partial charge in [0.05, 0.1) is 12.5 Å². The minimum absolute atomic E-state index is 0.0407. The van der Waals surface area contributed by atoms with E-state index in [1.54, 1.807) is 18.7 Å². The van der Waals surface area contributed by atoms with E-state index in [-0.39, 0.29) is 5.91 Å². The Hall–Kier alpha value is -2.11. The van der Waals surface area contributed by atoms with Gasteiger partial charge < -0.3 is 9.88 Å². The molecule has 0 aromatic carbocycles. The second kappa shape index (κ2) is 4.61. The zero-order valence-electron chi connectivity index (χ0n) is 8.97. The molecule has 84 valence electrons. The fourth-order valence-corrected chi connectivity index (χ4v) is 1.32. The fourth-order valence-electron chi connectivity index (χ4n) is 1.32. The van der Waals surface area contributed by atoms with Crippen molar-refractivity contribution in [1.29, 1.82) is 0 Å². The number of aromatic nitrogens is 4. The Bertz CT molecular complexity index is 459. The number of hydrogen-bond acceptors (Lipinski definition) is 3. The van der Waals surface area contributed by atoms with Gasteiger partial charge in [0.15, 0.2) is 0 Å². The van der Waals surface area contributed by atoms with E-state index in [0.717, 1.165) is 5.56 Å². The van der Waals surface area contributed by atoms with Gasteiger partial charge in [0.2, 0.25) is 5.91 Å². The summed E-state index contributed by atoms with van der Waals surface area (Å²) in [5.41, 5.74) is 0.927. The fraction of sp³-hybridized carbons (Fsp3) is 0.300. The number of H-pyrrole nitrogens is 1. The van der Waals surface area contributed by atoms with E-state index in [2.05, 4.69) is 20.5 Å². The first-order chi connectivity index (χ1) is 7.75. The van der Waals surface area contributed by atoms with Crippen molar-refractivity contribution in [3.8, 4) is 0 Å². The van der Waals surface area contributed by atoms with Crippen LogP contribution in [0.3, 0.4) is 0 Å². The molecule has 2 N–H and O–H groups in total. The Morgan fingerprint density at radius 2 is 2.50 bits per heavy atom. The maximum atomic E-state index is 11.6. The van der Waals surface area contributed by atoms with Gasteiger partial charge in [0.25, 0.3) is 0 Å². The first-order valence-electron chi connectivity index (χ1n) is 5.01. The molecule has 1 amide bonds. The Balaban J connectivity index is 1.83. The minimum Gasteiger partial charge on any atom is -0.337 e. The van der Waals surface area contributed by atoms with Crippen LogP contribution in [0.2, 0.25) is 0 Å². The van der Waals surface area contributed by atoms with Crippen molar-refractivity contribution in [3.05, 3.63) is 30.5 Å². The highest BCUT2D eigenvalue weighted by Crippen LogP contribution is 2.08. The quantitative estimate of drug-likeness (QED) is 0.803. The zero-order chi connectivity index (χ0) is 11.4. The molecular formula is C10H13N5O. The summed E-state index contributed by atoms with van der Waals surface area (Å²) in [5, 5.41) is 9.32. The molecule has 0 unspecified atom stereocenters. The summed E-state index contributed by atoms with van der Waals surface area (Å²) in [6, 6.07) is 0. The lowest BCUT2D eigenvalue weighted by molar-refractivity contribution is -0.116. The van der Waals surface area contributed by atoms with Gasteiger partial charge in [0, 0.05) is 30.9 Å². The third-order valence-corrected chi connectivity index (χ3v) is 2.25. The molecular weight excluding hydrogens is 206 g/mol. The maximum absolute atomic E-state index is 11.6. The van der Waals surface area contributed by atoms with Gasteiger partial charge in [-0.25, -0.2) is 4.98 Å².